The van der Waals surface area contributed by atoms with Gasteiger partial charge in [-0.25, -0.2) is 4.99 Å². The van der Waals surface area contributed by atoms with E-state index >= 15 is 0 Å². The van der Waals surface area contributed by atoms with Gasteiger partial charge >= 0.3 is 0 Å². The van der Waals surface area contributed by atoms with E-state index in [1.807, 2.05) is 0 Å². The molecule has 3 N–H and O–H groups in total. The summed E-state index contributed by atoms with van der Waals surface area (Å²) in [5.41, 5.74) is 8.00. The number of aliphatic imine (C=N–C) groups is 1. The Labute approximate surface area is 138 Å². The van der Waals surface area contributed by atoms with Crippen molar-refractivity contribution in [3.8, 4) is 0 Å². The molecule has 5 aliphatic rings. The molecule has 1 unspecified atom stereocenters. The first kappa shape index (κ1) is 13.9. The summed E-state index contributed by atoms with van der Waals surface area (Å²) in [5.74, 6) is 4.11. The van der Waals surface area contributed by atoms with Gasteiger partial charge in [0.25, 0.3) is 0 Å². The molecule has 0 spiro atoms. The van der Waals surface area contributed by atoms with Gasteiger partial charge in [0.05, 0.1) is 6.04 Å². The number of nitrogens with zero attached hydrogens (tertiary/aromatic N) is 1. The Bertz CT molecular complexity index is 586. The van der Waals surface area contributed by atoms with Crippen molar-refractivity contribution >= 4 is 5.96 Å². The van der Waals surface area contributed by atoms with Crippen molar-refractivity contribution in [3.63, 3.8) is 0 Å². The average Bonchev–Trinajstić information content (AvgIpc) is 3.25. The molecule has 6 rings (SSSR count). The summed E-state index contributed by atoms with van der Waals surface area (Å²) in [4.78, 5) is 4.81. The monoisotopic (exact) mass is 309 g/mol. The van der Waals surface area contributed by atoms with Crippen molar-refractivity contribution in [3.05, 3.63) is 35.9 Å². The first-order valence-corrected chi connectivity index (χ1v) is 9.35. The van der Waals surface area contributed by atoms with Crippen molar-refractivity contribution in [2.75, 3.05) is 0 Å². The average molecular weight is 309 g/mol. The Hall–Kier alpha value is -1.51. The number of nitrogens with one attached hydrogen (secondary N) is 1. The molecule has 4 bridgehead atoms. The number of rotatable bonds is 3. The lowest BCUT2D eigenvalue weighted by Gasteiger charge is -2.57. The molecule has 0 aliphatic heterocycles. The van der Waals surface area contributed by atoms with E-state index in [2.05, 4.69) is 35.6 Å². The zero-order valence-electron chi connectivity index (χ0n) is 13.7. The van der Waals surface area contributed by atoms with Gasteiger partial charge in [-0.15, -0.1) is 0 Å². The maximum atomic E-state index is 6.32. The van der Waals surface area contributed by atoms with Crippen molar-refractivity contribution in [2.24, 2.45) is 28.5 Å². The third-order valence-electron chi connectivity index (χ3n) is 6.72. The van der Waals surface area contributed by atoms with E-state index in [0.717, 1.165) is 24.2 Å². The van der Waals surface area contributed by atoms with E-state index in [1.165, 1.54) is 44.1 Å². The van der Waals surface area contributed by atoms with Crippen molar-refractivity contribution in [1.82, 2.24) is 5.32 Å². The lowest BCUT2D eigenvalue weighted by molar-refractivity contribution is -0.0102. The molecule has 23 heavy (non-hydrogen) atoms. The Morgan fingerprint density at radius 1 is 0.957 bits per heavy atom. The first-order chi connectivity index (χ1) is 11.2. The zero-order valence-corrected chi connectivity index (χ0v) is 13.7. The van der Waals surface area contributed by atoms with Gasteiger partial charge in [0.15, 0.2) is 5.96 Å². The van der Waals surface area contributed by atoms with Crippen LogP contribution in [0, 0.1) is 17.8 Å². The lowest BCUT2D eigenvalue weighted by Crippen LogP contribution is -2.61. The summed E-state index contributed by atoms with van der Waals surface area (Å²) in [7, 11) is 0. The molecule has 122 valence electrons. The van der Waals surface area contributed by atoms with Crippen molar-refractivity contribution < 1.29 is 0 Å². The molecule has 1 aromatic rings. The van der Waals surface area contributed by atoms with Crippen molar-refractivity contribution in [1.29, 1.82) is 0 Å². The van der Waals surface area contributed by atoms with E-state index in [1.54, 1.807) is 0 Å². The molecule has 5 aliphatic carbocycles. The van der Waals surface area contributed by atoms with Gasteiger partial charge < -0.3 is 11.1 Å². The highest BCUT2D eigenvalue weighted by Gasteiger charge is 2.51. The molecule has 0 saturated heterocycles. The van der Waals surface area contributed by atoms with Crippen LogP contribution in [0.25, 0.3) is 0 Å². The van der Waals surface area contributed by atoms with Gasteiger partial charge in [0, 0.05) is 11.5 Å². The summed E-state index contributed by atoms with van der Waals surface area (Å²) in [6.07, 6.45) is 9.52. The number of hydrogen-bond donors (Lipinski definition) is 2. The standard InChI is InChI=1S/C20H27N3/c21-19(22-18-9-17(18)16-4-2-1-3-5-16)23-20-10-13-6-14(11-20)8-15(7-13)12-20/h1-5,13-15,17-18H,6-12H2,(H3,21,22,23)/t13?,14?,15?,17-,18?,20?/m0/s1. The fraction of sp³-hybridized carbons (Fsp3) is 0.650. The predicted molar refractivity (Wildman–Crippen MR) is 93.2 cm³/mol. The van der Waals surface area contributed by atoms with Gasteiger partial charge in [-0.3, -0.25) is 0 Å². The van der Waals surface area contributed by atoms with Gasteiger partial charge in [0.2, 0.25) is 0 Å². The van der Waals surface area contributed by atoms with Crippen LogP contribution >= 0.6 is 0 Å². The first-order valence-electron chi connectivity index (χ1n) is 9.35. The highest BCUT2D eigenvalue weighted by atomic mass is 15.2. The molecular formula is C20H27N3. The van der Waals surface area contributed by atoms with E-state index in [4.69, 9.17) is 10.7 Å². The molecule has 0 aromatic heterocycles. The normalized spacial score (nSPS) is 44.3. The number of benzene rings is 1. The van der Waals surface area contributed by atoms with Crippen molar-refractivity contribution in [2.45, 2.75) is 62.4 Å². The Morgan fingerprint density at radius 3 is 2.17 bits per heavy atom. The molecular weight excluding hydrogens is 282 g/mol. The quantitative estimate of drug-likeness (QED) is 0.664. The Morgan fingerprint density at radius 2 is 1.57 bits per heavy atom. The zero-order chi connectivity index (χ0) is 15.4. The second kappa shape index (κ2) is 4.99. The van der Waals surface area contributed by atoms with Gasteiger partial charge in [-0.1, -0.05) is 30.3 Å². The molecule has 3 heteroatoms. The fourth-order valence-electron chi connectivity index (χ4n) is 6.13. The van der Waals surface area contributed by atoms with Crippen LogP contribution in [0.3, 0.4) is 0 Å². The Balaban J connectivity index is 1.26. The summed E-state index contributed by atoms with van der Waals surface area (Å²) in [6.45, 7) is 0. The van der Waals surface area contributed by atoms with E-state index in [-0.39, 0.29) is 5.54 Å². The molecule has 5 fully saturated rings. The summed E-state index contributed by atoms with van der Waals surface area (Å²) in [6, 6.07) is 11.1. The van der Waals surface area contributed by atoms with Crippen LogP contribution < -0.4 is 11.1 Å². The highest BCUT2D eigenvalue weighted by molar-refractivity contribution is 5.79. The van der Waals surface area contributed by atoms with Gasteiger partial charge in [-0.2, -0.15) is 0 Å². The largest absolute Gasteiger partial charge is 0.370 e. The predicted octanol–water partition coefficient (Wildman–Crippen LogP) is 3.42. The van der Waals surface area contributed by atoms with Crippen LogP contribution in [-0.4, -0.2) is 17.5 Å². The molecule has 5 saturated carbocycles. The smallest absolute Gasteiger partial charge is 0.189 e. The molecule has 1 aromatic carbocycles. The minimum absolute atomic E-state index is 0.277. The van der Waals surface area contributed by atoms with Crippen LogP contribution in [0.15, 0.2) is 35.3 Å². The van der Waals surface area contributed by atoms with Crippen LogP contribution in [-0.2, 0) is 0 Å². The van der Waals surface area contributed by atoms with Gasteiger partial charge in [0.1, 0.15) is 0 Å². The van der Waals surface area contributed by atoms with Gasteiger partial charge in [-0.05, 0) is 68.3 Å². The van der Waals surface area contributed by atoms with Crippen LogP contribution in [0.4, 0.5) is 0 Å². The van der Waals surface area contributed by atoms with E-state index in [0.29, 0.717) is 17.9 Å². The van der Waals surface area contributed by atoms with Crippen LogP contribution in [0.5, 0.6) is 0 Å². The SMILES string of the molecule is NC(=NC1C[C@H]1c1ccccc1)NC12CC3CC(CC(C3)C1)C2. The molecule has 3 nitrogen and oxygen atoms in total. The van der Waals surface area contributed by atoms with Crippen LogP contribution in [0.2, 0.25) is 0 Å². The summed E-state index contributed by atoms with van der Waals surface area (Å²) >= 11 is 0. The topological polar surface area (TPSA) is 50.4 Å². The highest BCUT2D eigenvalue weighted by Crippen LogP contribution is 2.55. The fourth-order valence-corrected chi connectivity index (χ4v) is 6.13. The van der Waals surface area contributed by atoms with Crippen LogP contribution in [0.1, 0.15) is 56.4 Å². The third-order valence-corrected chi connectivity index (χ3v) is 6.72. The number of hydrogen-bond acceptors (Lipinski definition) is 1. The Kier molecular flexibility index (Phi) is 3.01. The maximum absolute atomic E-state index is 6.32. The molecule has 0 radical (unpaired) electrons. The minimum atomic E-state index is 0.277. The summed E-state index contributed by atoms with van der Waals surface area (Å²) < 4.78 is 0. The molecule has 2 atom stereocenters. The number of guanidine groups is 1. The second-order valence-corrected chi connectivity index (χ2v) is 8.66. The lowest BCUT2D eigenvalue weighted by atomic mass is 9.53. The number of nitrogens with two attached hydrogens (primary N) is 1. The molecule has 0 heterocycles. The second-order valence-electron chi connectivity index (χ2n) is 8.66. The third kappa shape index (κ3) is 2.54. The van der Waals surface area contributed by atoms with E-state index in [9.17, 15) is 0 Å². The summed E-state index contributed by atoms with van der Waals surface area (Å²) in [5, 5.41) is 3.70. The molecule has 0 amide bonds. The minimum Gasteiger partial charge on any atom is -0.370 e. The maximum Gasteiger partial charge on any atom is 0.189 e. The van der Waals surface area contributed by atoms with E-state index < -0.39 is 0 Å².